The topological polar surface area (TPSA) is 38.9 Å². The van der Waals surface area contributed by atoms with Crippen LogP contribution in [0.1, 0.15) is 23.7 Å². The third-order valence-electron chi connectivity index (χ3n) is 1.76. The lowest BCUT2D eigenvalue weighted by atomic mass is 10.1. The molecule has 64 valence electrons. The zero-order valence-electron chi connectivity index (χ0n) is 7.76. The molecule has 2 nitrogen and oxygen atoms in total. The van der Waals surface area contributed by atoms with Crippen molar-refractivity contribution < 1.29 is 0 Å². The molecule has 0 saturated heterocycles. The second kappa shape index (κ2) is 3.39. The summed E-state index contributed by atoms with van der Waals surface area (Å²) < 4.78 is 0. The van der Waals surface area contributed by atoms with E-state index in [0.717, 1.165) is 11.3 Å². The summed E-state index contributed by atoms with van der Waals surface area (Å²) in [5.74, 6) is 0.616. The molecule has 1 aromatic heterocycles. The molecule has 0 unspecified atom stereocenters. The van der Waals surface area contributed by atoms with E-state index in [1.807, 2.05) is 39.0 Å². The van der Waals surface area contributed by atoms with Crippen molar-refractivity contribution in [2.24, 2.45) is 0 Å². The summed E-state index contributed by atoms with van der Waals surface area (Å²) in [6, 6.07) is 2.03. The maximum absolute atomic E-state index is 5.75. The number of hydrogen-bond acceptors (Lipinski definition) is 2. The SMILES string of the molecule is C/C=C\c1c(C)cc(C)nc1N. The highest BCUT2D eigenvalue weighted by molar-refractivity contribution is 5.64. The van der Waals surface area contributed by atoms with Crippen molar-refractivity contribution in [3.05, 3.63) is 29.0 Å². The highest BCUT2D eigenvalue weighted by Gasteiger charge is 2.00. The smallest absolute Gasteiger partial charge is 0.131 e. The van der Waals surface area contributed by atoms with Crippen molar-refractivity contribution in [3.63, 3.8) is 0 Å². The molecule has 12 heavy (non-hydrogen) atoms. The van der Waals surface area contributed by atoms with Gasteiger partial charge in [0.25, 0.3) is 0 Å². The Morgan fingerprint density at radius 2 is 2.08 bits per heavy atom. The van der Waals surface area contributed by atoms with Crippen LogP contribution < -0.4 is 5.73 Å². The summed E-state index contributed by atoms with van der Waals surface area (Å²) >= 11 is 0. The van der Waals surface area contributed by atoms with Crippen LogP contribution in [0.5, 0.6) is 0 Å². The van der Waals surface area contributed by atoms with Gasteiger partial charge in [0, 0.05) is 11.3 Å². The molecule has 1 aromatic rings. The van der Waals surface area contributed by atoms with Gasteiger partial charge in [-0.1, -0.05) is 12.2 Å². The Labute approximate surface area is 73.1 Å². The number of aryl methyl sites for hydroxylation is 2. The number of allylic oxidation sites excluding steroid dienone is 1. The van der Waals surface area contributed by atoms with Gasteiger partial charge in [0.1, 0.15) is 5.82 Å². The molecule has 0 radical (unpaired) electrons. The molecule has 0 atom stereocenters. The van der Waals surface area contributed by atoms with E-state index in [4.69, 9.17) is 5.73 Å². The fourth-order valence-electron chi connectivity index (χ4n) is 1.26. The molecule has 1 heterocycles. The Bertz CT molecular complexity index is 291. The average Bonchev–Trinajstić information content (AvgIpc) is 1.96. The molecular formula is C10H14N2. The van der Waals surface area contributed by atoms with Crippen molar-refractivity contribution in [2.75, 3.05) is 5.73 Å². The first-order valence-corrected chi connectivity index (χ1v) is 4.01. The van der Waals surface area contributed by atoms with Gasteiger partial charge in [-0.25, -0.2) is 4.98 Å². The number of rotatable bonds is 1. The molecule has 0 aromatic carbocycles. The number of nitrogen functional groups attached to an aromatic ring is 1. The minimum absolute atomic E-state index is 0.616. The summed E-state index contributed by atoms with van der Waals surface area (Å²) in [4.78, 5) is 4.18. The lowest BCUT2D eigenvalue weighted by molar-refractivity contribution is 1.18. The molecule has 1 rings (SSSR count). The molecule has 0 aliphatic carbocycles. The maximum Gasteiger partial charge on any atom is 0.131 e. The van der Waals surface area contributed by atoms with E-state index < -0.39 is 0 Å². The Morgan fingerprint density at radius 3 is 2.58 bits per heavy atom. The highest BCUT2D eigenvalue weighted by Crippen LogP contribution is 2.16. The standard InChI is InChI=1S/C10H14N2/c1-4-5-9-7(2)6-8(3)12-10(9)11/h4-6H,1-3H3,(H2,11,12)/b5-4-. The van der Waals surface area contributed by atoms with Crippen molar-refractivity contribution in [1.29, 1.82) is 0 Å². The van der Waals surface area contributed by atoms with E-state index >= 15 is 0 Å². The Hall–Kier alpha value is -1.31. The quantitative estimate of drug-likeness (QED) is 0.688. The van der Waals surface area contributed by atoms with Gasteiger partial charge >= 0.3 is 0 Å². The summed E-state index contributed by atoms with van der Waals surface area (Å²) in [5.41, 5.74) is 8.93. The van der Waals surface area contributed by atoms with Gasteiger partial charge < -0.3 is 5.73 Å². The fourth-order valence-corrected chi connectivity index (χ4v) is 1.26. The van der Waals surface area contributed by atoms with Gasteiger partial charge in [0.05, 0.1) is 0 Å². The van der Waals surface area contributed by atoms with Crippen LogP contribution in [0.25, 0.3) is 6.08 Å². The summed E-state index contributed by atoms with van der Waals surface area (Å²) in [5, 5.41) is 0. The Balaban J connectivity index is 3.28. The first-order chi connectivity index (χ1) is 5.65. The van der Waals surface area contributed by atoms with E-state index in [0.29, 0.717) is 5.82 Å². The summed E-state index contributed by atoms with van der Waals surface area (Å²) in [7, 11) is 0. The van der Waals surface area contributed by atoms with Gasteiger partial charge in [-0.2, -0.15) is 0 Å². The second-order valence-corrected chi connectivity index (χ2v) is 2.88. The molecule has 0 saturated carbocycles. The number of nitrogens with two attached hydrogens (primary N) is 1. The number of pyridine rings is 1. The number of anilines is 1. The van der Waals surface area contributed by atoms with Gasteiger partial charge in [0.2, 0.25) is 0 Å². The molecular weight excluding hydrogens is 148 g/mol. The average molecular weight is 162 g/mol. The van der Waals surface area contributed by atoms with Gasteiger partial charge in [-0.15, -0.1) is 0 Å². The monoisotopic (exact) mass is 162 g/mol. The van der Waals surface area contributed by atoms with E-state index in [1.165, 1.54) is 5.56 Å². The minimum Gasteiger partial charge on any atom is -0.383 e. The zero-order valence-corrected chi connectivity index (χ0v) is 7.76. The molecule has 0 amide bonds. The van der Waals surface area contributed by atoms with E-state index in [1.54, 1.807) is 0 Å². The first-order valence-electron chi connectivity index (χ1n) is 4.01. The molecule has 0 bridgehead atoms. The lowest BCUT2D eigenvalue weighted by Crippen LogP contribution is -1.98. The zero-order chi connectivity index (χ0) is 9.14. The molecule has 0 spiro atoms. The minimum atomic E-state index is 0.616. The summed E-state index contributed by atoms with van der Waals surface area (Å²) in [6.07, 6.45) is 3.95. The highest BCUT2D eigenvalue weighted by atomic mass is 14.8. The van der Waals surface area contributed by atoms with Crippen molar-refractivity contribution >= 4 is 11.9 Å². The van der Waals surface area contributed by atoms with Crippen LogP contribution in [-0.4, -0.2) is 4.98 Å². The molecule has 2 N–H and O–H groups in total. The van der Waals surface area contributed by atoms with Crippen molar-refractivity contribution in [1.82, 2.24) is 4.98 Å². The number of aromatic nitrogens is 1. The molecule has 0 aliphatic rings. The van der Waals surface area contributed by atoms with Crippen molar-refractivity contribution in [2.45, 2.75) is 20.8 Å². The van der Waals surface area contributed by atoms with Crippen LogP contribution >= 0.6 is 0 Å². The predicted octanol–water partition coefficient (Wildman–Crippen LogP) is 2.31. The third kappa shape index (κ3) is 1.64. The van der Waals surface area contributed by atoms with Crippen LogP contribution in [-0.2, 0) is 0 Å². The predicted molar refractivity (Wildman–Crippen MR) is 52.8 cm³/mol. The van der Waals surface area contributed by atoms with Gasteiger partial charge in [-0.3, -0.25) is 0 Å². The van der Waals surface area contributed by atoms with E-state index in [2.05, 4.69) is 4.98 Å². The van der Waals surface area contributed by atoms with Crippen LogP contribution in [0.2, 0.25) is 0 Å². The first kappa shape index (κ1) is 8.78. The second-order valence-electron chi connectivity index (χ2n) is 2.88. The van der Waals surface area contributed by atoms with E-state index in [-0.39, 0.29) is 0 Å². The summed E-state index contributed by atoms with van der Waals surface area (Å²) in [6.45, 7) is 5.96. The lowest BCUT2D eigenvalue weighted by Gasteiger charge is -2.04. The Morgan fingerprint density at radius 1 is 1.42 bits per heavy atom. The van der Waals surface area contributed by atoms with Crippen LogP contribution in [0.15, 0.2) is 12.1 Å². The molecule has 0 fully saturated rings. The number of hydrogen-bond donors (Lipinski definition) is 1. The van der Waals surface area contributed by atoms with Crippen LogP contribution in [0, 0.1) is 13.8 Å². The molecule has 2 heteroatoms. The van der Waals surface area contributed by atoms with Crippen molar-refractivity contribution in [3.8, 4) is 0 Å². The normalized spacial score (nSPS) is 10.9. The number of nitrogens with zero attached hydrogens (tertiary/aromatic N) is 1. The Kier molecular flexibility index (Phi) is 2.48. The van der Waals surface area contributed by atoms with Crippen LogP contribution in [0.4, 0.5) is 5.82 Å². The fraction of sp³-hybridized carbons (Fsp3) is 0.300. The van der Waals surface area contributed by atoms with E-state index in [9.17, 15) is 0 Å². The van der Waals surface area contributed by atoms with Gasteiger partial charge in [-0.05, 0) is 32.4 Å². The largest absolute Gasteiger partial charge is 0.383 e. The van der Waals surface area contributed by atoms with Gasteiger partial charge in [0.15, 0.2) is 0 Å². The van der Waals surface area contributed by atoms with Crippen LogP contribution in [0.3, 0.4) is 0 Å². The molecule has 0 aliphatic heterocycles. The third-order valence-corrected chi connectivity index (χ3v) is 1.76. The maximum atomic E-state index is 5.75.